The molecule has 1 aromatic carbocycles. The maximum absolute atomic E-state index is 13.4. The average molecular weight is 443 g/mol. The van der Waals surface area contributed by atoms with E-state index >= 15 is 0 Å². The molecule has 7 nitrogen and oxygen atoms in total. The predicted molar refractivity (Wildman–Crippen MR) is 111 cm³/mol. The fourth-order valence-corrected chi connectivity index (χ4v) is 4.14. The minimum atomic E-state index is -1.08. The molecule has 0 saturated carbocycles. The fraction of sp³-hybridized carbons (Fsp3) is 0.190. The topological polar surface area (TPSA) is 96.3 Å². The largest absolute Gasteiger partial charge is 0.480 e. The number of aliphatic carboxylic acids is 1. The van der Waals surface area contributed by atoms with Crippen LogP contribution in [0.3, 0.4) is 0 Å². The van der Waals surface area contributed by atoms with Crippen molar-refractivity contribution in [3.63, 3.8) is 0 Å². The summed E-state index contributed by atoms with van der Waals surface area (Å²) in [6.07, 6.45) is 5.31. The first-order valence-corrected chi connectivity index (χ1v) is 9.96. The number of aromatic nitrogens is 3. The molecule has 0 bridgehead atoms. The van der Waals surface area contributed by atoms with Crippen LogP contribution < -0.4 is 0 Å². The molecule has 0 unspecified atom stereocenters. The highest BCUT2D eigenvalue weighted by Gasteiger charge is 2.43. The maximum atomic E-state index is 13.4. The van der Waals surface area contributed by atoms with E-state index in [4.69, 9.17) is 23.2 Å². The van der Waals surface area contributed by atoms with Gasteiger partial charge in [0.1, 0.15) is 11.2 Å². The van der Waals surface area contributed by atoms with Crippen LogP contribution in [-0.4, -0.2) is 42.9 Å². The summed E-state index contributed by atoms with van der Waals surface area (Å²) in [4.78, 5) is 39.0. The molecule has 2 aromatic heterocycles. The Morgan fingerprint density at radius 1 is 1.07 bits per heavy atom. The summed E-state index contributed by atoms with van der Waals surface area (Å²) in [6, 6.07) is 9.12. The number of benzene rings is 1. The molecule has 1 aliphatic heterocycles. The van der Waals surface area contributed by atoms with Crippen molar-refractivity contribution in [2.45, 2.75) is 24.9 Å². The average Bonchev–Trinajstić information content (AvgIpc) is 3.19. The van der Waals surface area contributed by atoms with Crippen LogP contribution in [0.15, 0.2) is 55.0 Å². The second-order valence-electron chi connectivity index (χ2n) is 6.82. The molecule has 4 rings (SSSR count). The number of carbonyl (C=O) groups excluding carboxylic acids is 1. The molecule has 2 atom stereocenters. The fourth-order valence-electron chi connectivity index (χ4n) is 3.67. The number of pyridine rings is 1. The Hall–Kier alpha value is -3.03. The molecule has 1 aliphatic rings. The molecule has 0 aliphatic carbocycles. The van der Waals surface area contributed by atoms with Crippen LogP contribution in [-0.2, 0) is 4.79 Å². The summed E-state index contributed by atoms with van der Waals surface area (Å²) >= 11 is 12.6. The lowest BCUT2D eigenvalue weighted by Gasteiger charge is -2.29. The zero-order chi connectivity index (χ0) is 21.3. The van der Waals surface area contributed by atoms with Crippen LogP contribution in [0.4, 0.5) is 0 Å². The zero-order valence-electron chi connectivity index (χ0n) is 15.6. The van der Waals surface area contributed by atoms with E-state index in [9.17, 15) is 14.7 Å². The first-order valence-electron chi connectivity index (χ1n) is 9.20. The van der Waals surface area contributed by atoms with Crippen molar-refractivity contribution in [3.8, 4) is 11.4 Å². The van der Waals surface area contributed by atoms with Gasteiger partial charge < -0.3 is 10.0 Å². The lowest BCUT2D eigenvalue weighted by Crippen LogP contribution is -2.42. The number of nitrogens with zero attached hydrogens (tertiary/aromatic N) is 4. The molecule has 0 radical (unpaired) electrons. The molecule has 3 aromatic rings. The van der Waals surface area contributed by atoms with Gasteiger partial charge in [-0.2, -0.15) is 0 Å². The number of carbonyl (C=O) groups is 2. The normalized spacial score (nSPS) is 18.4. The smallest absolute Gasteiger partial charge is 0.326 e. The number of halogens is 2. The van der Waals surface area contributed by atoms with Gasteiger partial charge in [-0.05, 0) is 36.6 Å². The van der Waals surface area contributed by atoms with Crippen molar-refractivity contribution >= 4 is 35.1 Å². The molecule has 9 heteroatoms. The molecule has 1 fully saturated rings. The van der Waals surface area contributed by atoms with Gasteiger partial charge in [-0.15, -0.1) is 0 Å². The predicted octanol–water partition coefficient (Wildman–Crippen LogP) is 4.28. The minimum absolute atomic E-state index is 0.0366. The Balaban J connectivity index is 1.72. The number of rotatable bonds is 4. The van der Waals surface area contributed by atoms with Crippen LogP contribution in [0.1, 0.15) is 34.8 Å². The third-order valence-electron chi connectivity index (χ3n) is 5.06. The summed E-state index contributed by atoms with van der Waals surface area (Å²) in [7, 11) is 0. The van der Waals surface area contributed by atoms with Crippen molar-refractivity contribution in [2.75, 3.05) is 0 Å². The Bertz CT molecular complexity index is 1110. The Morgan fingerprint density at radius 3 is 2.53 bits per heavy atom. The third-order valence-corrected chi connectivity index (χ3v) is 5.69. The van der Waals surface area contributed by atoms with Crippen molar-refractivity contribution in [3.05, 3.63) is 76.3 Å². The van der Waals surface area contributed by atoms with E-state index in [0.29, 0.717) is 34.8 Å². The summed E-state index contributed by atoms with van der Waals surface area (Å²) in [5.41, 5.74) is 1.38. The van der Waals surface area contributed by atoms with Crippen molar-refractivity contribution in [1.82, 2.24) is 19.9 Å². The summed E-state index contributed by atoms with van der Waals surface area (Å²) in [5, 5.41) is 10.1. The molecule has 1 saturated heterocycles. The van der Waals surface area contributed by atoms with Gasteiger partial charge in [-0.25, -0.2) is 14.8 Å². The molecule has 1 amide bonds. The number of hydrogen-bond acceptors (Lipinski definition) is 5. The molecule has 30 heavy (non-hydrogen) atoms. The number of amides is 1. The van der Waals surface area contributed by atoms with Crippen molar-refractivity contribution in [2.24, 2.45) is 0 Å². The standard InChI is InChI=1S/C21H16Cl2N4O3/c22-15-6-2-1-5-13(15)16-7-8-17(21(29)30)27(16)20(28)14-11-25-19(26-18(14)23)12-4-3-9-24-10-12/h1-6,9-11,16-17H,7-8H2,(H,29,30)/t16-,17+/m1/s1. The molecule has 0 spiro atoms. The van der Waals surface area contributed by atoms with E-state index in [1.807, 2.05) is 0 Å². The highest BCUT2D eigenvalue weighted by atomic mass is 35.5. The van der Waals surface area contributed by atoms with Gasteiger partial charge in [0, 0.05) is 29.2 Å². The summed E-state index contributed by atoms with van der Waals surface area (Å²) in [6.45, 7) is 0. The van der Waals surface area contributed by atoms with Gasteiger partial charge >= 0.3 is 5.97 Å². The molecule has 152 valence electrons. The van der Waals surface area contributed by atoms with Crippen LogP contribution in [0.5, 0.6) is 0 Å². The van der Waals surface area contributed by atoms with E-state index in [1.165, 1.54) is 11.1 Å². The van der Waals surface area contributed by atoms with E-state index in [-0.39, 0.29) is 10.7 Å². The number of likely N-dealkylation sites (tertiary alicyclic amines) is 1. The van der Waals surface area contributed by atoms with Crippen LogP contribution in [0, 0.1) is 0 Å². The number of carboxylic acid groups (broad SMARTS) is 1. The van der Waals surface area contributed by atoms with Crippen LogP contribution in [0.25, 0.3) is 11.4 Å². The SMILES string of the molecule is O=C(O)[C@@H]1CC[C@H](c2ccccc2Cl)N1C(=O)c1cnc(-c2cccnc2)nc1Cl. The Labute approximate surface area is 182 Å². The van der Waals surface area contributed by atoms with Gasteiger partial charge in [0.25, 0.3) is 5.91 Å². The van der Waals surface area contributed by atoms with E-state index in [0.717, 1.165) is 0 Å². The Morgan fingerprint density at radius 2 is 1.87 bits per heavy atom. The second-order valence-corrected chi connectivity index (χ2v) is 7.59. The monoisotopic (exact) mass is 442 g/mol. The zero-order valence-corrected chi connectivity index (χ0v) is 17.1. The molecule has 1 N–H and O–H groups in total. The quantitative estimate of drug-likeness (QED) is 0.605. The Kier molecular flexibility index (Phi) is 5.65. The van der Waals surface area contributed by atoms with Crippen LogP contribution in [0.2, 0.25) is 10.2 Å². The van der Waals surface area contributed by atoms with E-state index in [1.54, 1.807) is 48.8 Å². The number of carboxylic acids is 1. The second kappa shape index (κ2) is 8.38. The third kappa shape index (κ3) is 3.74. The first kappa shape index (κ1) is 20.3. The van der Waals surface area contributed by atoms with E-state index in [2.05, 4.69) is 15.0 Å². The van der Waals surface area contributed by atoms with Gasteiger partial charge in [-0.1, -0.05) is 41.4 Å². The molecular weight excluding hydrogens is 427 g/mol. The van der Waals surface area contributed by atoms with Crippen LogP contribution >= 0.6 is 23.2 Å². The highest BCUT2D eigenvalue weighted by molar-refractivity contribution is 6.33. The summed E-state index contributed by atoms with van der Waals surface area (Å²) in [5.74, 6) is -1.31. The van der Waals surface area contributed by atoms with Gasteiger partial charge in [-0.3, -0.25) is 9.78 Å². The lowest BCUT2D eigenvalue weighted by molar-refractivity contribution is -0.141. The summed E-state index contributed by atoms with van der Waals surface area (Å²) < 4.78 is 0. The lowest BCUT2D eigenvalue weighted by atomic mass is 10.0. The highest BCUT2D eigenvalue weighted by Crippen LogP contribution is 2.40. The maximum Gasteiger partial charge on any atom is 0.326 e. The molecule has 3 heterocycles. The minimum Gasteiger partial charge on any atom is -0.480 e. The van der Waals surface area contributed by atoms with Gasteiger partial charge in [0.2, 0.25) is 0 Å². The first-order chi connectivity index (χ1) is 14.5. The van der Waals surface area contributed by atoms with Gasteiger partial charge in [0.15, 0.2) is 5.82 Å². The van der Waals surface area contributed by atoms with Crippen molar-refractivity contribution in [1.29, 1.82) is 0 Å². The number of hydrogen-bond donors (Lipinski definition) is 1. The van der Waals surface area contributed by atoms with E-state index < -0.39 is 24.0 Å². The molecular formula is C21H16Cl2N4O3. The van der Waals surface area contributed by atoms with Gasteiger partial charge in [0.05, 0.1) is 11.6 Å². The van der Waals surface area contributed by atoms with Crippen molar-refractivity contribution < 1.29 is 14.7 Å².